The van der Waals surface area contributed by atoms with Gasteiger partial charge in [0.05, 0.1) is 6.42 Å². The summed E-state index contributed by atoms with van der Waals surface area (Å²) in [6.45, 7) is 6.45. The number of thiophene rings is 1. The first kappa shape index (κ1) is 18.1. The molecule has 0 saturated carbocycles. The molecule has 0 aliphatic rings. The Hall–Kier alpha value is -2.73. The second-order valence-electron chi connectivity index (χ2n) is 7.05. The van der Waals surface area contributed by atoms with Crippen molar-refractivity contribution in [2.24, 2.45) is 0 Å². The second-order valence-corrected chi connectivity index (χ2v) is 7.83. The Morgan fingerprint density at radius 1 is 1.23 bits per heavy atom. The molecule has 0 aliphatic heterocycles. The van der Waals surface area contributed by atoms with Crippen molar-refractivity contribution >= 4 is 29.0 Å². The van der Waals surface area contributed by atoms with Crippen LogP contribution in [-0.4, -0.2) is 21.2 Å². The second kappa shape index (κ2) is 7.25. The predicted molar refractivity (Wildman–Crippen MR) is 103 cm³/mol. The first-order chi connectivity index (χ1) is 12.3. The summed E-state index contributed by atoms with van der Waals surface area (Å²) in [7, 11) is 0. The lowest BCUT2D eigenvalue weighted by molar-refractivity contribution is -0.135. The molecular weight excluding hydrogens is 348 g/mol. The van der Waals surface area contributed by atoms with E-state index >= 15 is 0 Å². The molecule has 5 nitrogen and oxygen atoms in total. The van der Waals surface area contributed by atoms with E-state index in [2.05, 4.69) is 43.0 Å². The van der Waals surface area contributed by atoms with Crippen LogP contribution in [0.2, 0.25) is 0 Å². The lowest BCUT2D eigenvalue weighted by atomic mass is 9.86. The summed E-state index contributed by atoms with van der Waals surface area (Å²) in [5.74, 6) is -0.257. The third kappa shape index (κ3) is 4.26. The number of carboxylic acids is 1. The molecule has 0 amide bonds. The molecule has 3 rings (SSSR count). The van der Waals surface area contributed by atoms with Crippen molar-refractivity contribution in [3.8, 4) is 11.4 Å². The number of carboxylic acid groups (broad SMARTS) is 1. The molecule has 0 bridgehead atoms. The first-order valence-electron chi connectivity index (χ1n) is 8.22. The van der Waals surface area contributed by atoms with E-state index in [0.717, 1.165) is 11.1 Å². The highest BCUT2D eigenvalue weighted by atomic mass is 32.1. The molecule has 0 saturated heterocycles. The van der Waals surface area contributed by atoms with Crippen LogP contribution in [0.1, 0.15) is 44.2 Å². The Bertz CT molecular complexity index is 917. The summed E-state index contributed by atoms with van der Waals surface area (Å²) in [4.78, 5) is 15.6. The van der Waals surface area contributed by atoms with Crippen LogP contribution in [0.25, 0.3) is 23.0 Å². The maximum absolute atomic E-state index is 11.3. The number of carbonyl (C=O) groups is 1. The lowest BCUT2D eigenvalue weighted by Crippen LogP contribution is -2.10. The molecule has 2 heterocycles. The Balaban J connectivity index is 1.93. The van der Waals surface area contributed by atoms with Crippen LogP contribution >= 0.6 is 11.3 Å². The Labute approximate surface area is 156 Å². The van der Waals surface area contributed by atoms with E-state index in [1.807, 2.05) is 29.0 Å². The van der Waals surface area contributed by atoms with Crippen LogP contribution in [0.15, 0.2) is 45.6 Å². The van der Waals surface area contributed by atoms with Crippen molar-refractivity contribution in [3.63, 3.8) is 0 Å². The summed E-state index contributed by atoms with van der Waals surface area (Å²) in [5.41, 5.74) is 3.51. The SMILES string of the molecule is CC(C)(C)c1ccc(/C=C(\CC(=O)O)c2nc(-c3ccsc3)no2)cc1. The van der Waals surface area contributed by atoms with Crippen molar-refractivity contribution in [2.45, 2.75) is 32.6 Å². The molecule has 1 aromatic carbocycles. The topological polar surface area (TPSA) is 76.2 Å². The highest BCUT2D eigenvalue weighted by Gasteiger charge is 2.17. The molecule has 0 atom stereocenters. The minimum Gasteiger partial charge on any atom is -0.481 e. The lowest BCUT2D eigenvalue weighted by Gasteiger charge is -2.18. The fourth-order valence-electron chi connectivity index (χ4n) is 2.49. The smallest absolute Gasteiger partial charge is 0.308 e. The molecular formula is C20H20N2O3S. The average Bonchev–Trinajstić information content (AvgIpc) is 3.25. The third-order valence-corrected chi connectivity index (χ3v) is 4.62. The highest BCUT2D eigenvalue weighted by Crippen LogP contribution is 2.26. The van der Waals surface area contributed by atoms with E-state index in [-0.39, 0.29) is 17.7 Å². The van der Waals surface area contributed by atoms with Gasteiger partial charge >= 0.3 is 5.97 Å². The van der Waals surface area contributed by atoms with E-state index in [4.69, 9.17) is 4.52 Å². The Morgan fingerprint density at radius 3 is 2.54 bits per heavy atom. The quantitative estimate of drug-likeness (QED) is 0.677. The van der Waals surface area contributed by atoms with E-state index in [9.17, 15) is 9.90 Å². The van der Waals surface area contributed by atoms with Gasteiger partial charge < -0.3 is 9.63 Å². The minimum absolute atomic E-state index is 0.0636. The van der Waals surface area contributed by atoms with Gasteiger partial charge in [-0.15, -0.1) is 0 Å². The van der Waals surface area contributed by atoms with Crippen molar-refractivity contribution in [1.29, 1.82) is 0 Å². The minimum atomic E-state index is -0.946. The third-order valence-electron chi connectivity index (χ3n) is 3.94. The van der Waals surface area contributed by atoms with Gasteiger partial charge in [0.25, 0.3) is 5.89 Å². The van der Waals surface area contributed by atoms with Gasteiger partial charge in [0, 0.05) is 16.5 Å². The monoisotopic (exact) mass is 368 g/mol. The number of benzene rings is 1. The molecule has 0 fully saturated rings. The van der Waals surface area contributed by atoms with Gasteiger partial charge in [-0.1, -0.05) is 50.2 Å². The van der Waals surface area contributed by atoms with Gasteiger partial charge in [-0.25, -0.2) is 0 Å². The maximum atomic E-state index is 11.3. The maximum Gasteiger partial charge on any atom is 0.308 e. The van der Waals surface area contributed by atoms with Crippen LogP contribution in [0.3, 0.4) is 0 Å². The molecule has 2 aromatic heterocycles. The highest BCUT2D eigenvalue weighted by molar-refractivity contribution is 7.08. The predicted octanol–water partition coefficient (Wildman–Crippen LogP) is 5.11. The standard InChI is InChI=1S/C20H20N2O3S/c1-20(2,3)16-6-4-13(5-7-16)10-15(11-17(23)24)19-21-18(22-25-19)14-8-9-26-12-14/h4-10,12H,11H2,1-3H3,(H,23,24)/b15-10+. The van der Waals surface area contributed by atoms with Crippen molar-refractivity contribution in [2.75, 3.05) is 0 Å². The van der Waals surface area contributed by atoms with E-state index in [1.165, 1.54) is 16.9 Å². The summed E-state index contributed by atoms with van der Waals surface area (Å²) in [5, 5.41) is 17.0. The summed E-state index contributed by atoms with van der Waals surface area (Å²) in [6.07, 6.45) is 1.60. The Kier molecular flexibility index (Phi) is 5.04. The zero-order valence-corrected chi connectivity index (χ0v) is 15.7. The summed E-state index contributed by atoms with van der Waals surface area (Å²) in [6, 6.07) is 9.94. The van der Waals surface area contributed by atoms with Crippen molar-refractivity contribution in [1.82, 2.24) is 10.1 Å². The number of hydrogen-bond donors (Lipinski definition) is 1. The van der Waals surface area contributed by atoms with Gasteiger partial charge in [0.2, 0.25) is 5.82 Å². The number of aliphatic carboxylic acids is 1. The molecule has 0 spiro atoms. The van der Waals surface area contributed by atoms with Crippen LogP contribution < -0.4 is 0 Å². The van der Waals surface area contributed by atoms with Crippen molar-refractivity contribution in [3.05, 3.63) is 58.1 Å². The Morgan fingerprint density at radius 2 is 1.96 bits per heavy atom. The zero-order valence-electron chi connectivity index (χ0n) is 14.9. The molecule has 0 unspecified atom stereocenters. The molecule has 134 valence electrons. The van der Waals surface area contributed by atoms with E-state index in [1.54, 1.807) is 6.08 Å². The molecule has 26 heavy (non-hydrogen) atoms. The summed E-state index contributed by atoms with van der Waals surface area (Å²) >= 11 is 1.54. The fraction of sp³-hybridized carbons (Fsp3) is 0.250. The van der Waals surface area contributed by atoms with E-state index in [0.29, 0.717) is 11.4 Å². The van der Waals surface area contributed by atoms with Gasteiger partial charge in [-0.3, -0.25) is 4.79 Å². The molecule has 0 radical (unpaired) electrons. The van der Waals surface area contributed by atoms with Crippen molar-refractivity contribution < 1.29 is 14.4 Å². The van der Waals surface area contributed by atoms with Crippen LogP contribution in [0, 0.1) is 0 Å². The number of aromatic nitrogens is 2. The number of hydrogen-bond acceptors (Lipinski definition) is 5. The molecule has 1 N–H and O–H groups in total. The number of rotatable bonds is 5. The van der Waals surface area contributed by atoms with Crippen LogP contribution in [-0.2, 0) is 10.2 Å². The van der Waals surface area contributed by atoms with Crippen LogP contribution in [0.4, 0.5) is 0 Å². The normalized spacial score (nSPS) is 12.3. The molecule has 6 heteroatoms. The zero-order chi connectivity index (χ0) is 18.7. The fourth-order valence-corrected chi connectivity index (χ4v) is 3.13. The first-order valence-corrected chi connectivity index (χ1v) is 9.17. The van der Waals surface area contributed by atoms with Gasteiger partial charge in [0.15, 0.2) is 0 Å². The largest absolute Gasteiger partial charge is 0.481 e. The van der Waals surface area contributed by atoms with Crippen LogP contribution in [0.5, 0.6) is 0 Å². The average molecular weight is 368 g/mol. The van der Waals surface area contributed by atoms with E-state index < -0.39 is 5.97 Å². The van der Waals surface area contributed by atoms with Gasteiger partial charge in [-0.05, 0) is 34.1 Å². The molecule has 0 aliphatic carbocycles. The molecule has 3 aromatic rings. The summed E-state index contributed by atoms with van der Waals surface area (Å²) < 4.78 is 5.31. The van der Waals surface area contributed by atoms with Gasteiger partial charge in [0.1, 0.15) is 0 Å². The number of nitrogens with zero attached hydrogens (tertiary/aromatic N) is 2. The van der Waals surface area contributed by atoms with Gasteiger partial charge in [-0.2, -0.15) is 16.3 Å².